The van der Waals surface area contributed by atoms with Gasteiger partial charge in [-0.1, -0.05) is 19.7 Å². The Balaban J connectivity index is 0. The van der Waals surface area contributed by atoms with Crippen LogP contribution in [-0.4, -0.2) is 48.8 Å². The molecule has 11 heteroatoms. The van der Waals surface area contributed by atoms with Crippen molar-refractivity contribution in [3.63, 3.8) is 0 Å². The molecule has 0 aliphatic carbocycles. The SMILES string of the molecule is NC(CO)(CO)COCCOc1ccc(CP(=O)([O-])[O-])cc1.[Na+].[Na+]. The summed E-state index contributed by atoms with van der Waals surface area (Å²) >= 11 is 0. The van der Waals surface area contributed by atoms with E-state index in [4.69, 9.17) is 25.4 Å². The Morgan fingerprint density at radius 2 is 1.62 bits per heavy atom. The fraction of sp³-hybridized carbons (Fsp3) is 0.538. The van der Waals surface area contributed by atoms with Crippen LogP contribution in [-0.2, 0) is 15.5 Å². The van der Waals surface area contributed by atoms with E-state index in [2.05, 4.69) is 0 Å². The molecule has 24 heavy (non-hydrogen) atoms. The van der Waals surface area contributed by atoms with Gasteiger partial charge in [-0.2, -0.15) is 0 Å². The van der Waals surface area contributed by atoms with E-state index >= 15 is 0 Å². The summed E-state index contributed by atoms with van der Waals surface area (Å²) in [5, 5.41) is 17.9. The van der Waals surface area contributed by atoms with E-state index in [1.54, 1.807) is 12.1 Å². The zero-order valence-electron chi connectivity index (χ0n) is 14.0. The van der Waals surface area contributed by atoms with Crippen LogP contribution in [0.4, 0.5) is 0 Å². The van der Waals surface area contributed by atoms with Gasteiger partial charge in [0.1, 0.15) is 12.4 Å². The van der Waals surface area contributed by atoms with Crippen LogP contribution in [0.25, 0.3) is 0 Å². The van der Waals surface area contributed by atoms with Crippen molar-refractivity contribution >= 4 is 7.60 Å². The molecule has 1 aromatic carbocycles. The number of benzene rings is 1. The Bertz CT molecular complexity index is 494. The first kappa shape index (κ1) is 27.2. The van der Waals surface area contributed by atoms with E-state index < -0.39 is 32.5 Å². The molecule has 0 heterocycles. The average molecular weight is 379 g/mol. The quantitative estimate of drug-likeness (QED) is 0.206. The van der Waals surface area contributed by atoms with Gasteiger partial charge in [0, 0.05) is 6.16 Å². The Kier molecular flexibility index (Phi) is 15.0. The minimum absolute atomic E-state index is 0. The molecule has 0 aliphatic rings. The van der Waals surface area contributed by atoms with Crippen LogP contribution in [0.1, 0.15) is 5.56 Å². The smallest absolute Gasteiger partial charge is 0.810 e. The van der Waals surface area contributed by atoms with E-state index in [9.17, 15) is 14.4 Å². The third-order valence-electron chi connectivity index (χ3n) is 2.82. The summed E-state index contributed by atoms with van der Waals surface area (Å²) in [6, 6.07) is 6.11. The van der Waals surface area contributed by atoms with Gasteiger partial charge < -0.3 is 39.8 Å². The Labute approximate surface area is 185 Å². The number of rotatable bonds is 10. The molecule has 8 nitrogen and oxygen atoms in total. The van der Waals surface area contributed by atoms with Crippen molar-refractivity contribution in [3.05, 3.63) is 29.8 Å². The van der Waals surface area contributed by atoms with Crippen molar-refractivity contribution in [2.24, 2.45) is 5.73 Å². The fourth-order valence-electron chi connectivity index (χ4n) is 1.55. The van der Waals surface area contributed by atoms with Gasteiger partial charge in [0.25, 0.3) is 0 Å². The topological polar surface area (TPSA) is 148 Å². The van der Waals surface area contributed by atoms with Crippen molar-refractivity contribution in [2.75, 3.05) is 33.0 Å². The second-order valence-electron chi connectivity index (χ2n) is 4.99. The molecule has 0 amide bonds. The molecule has 0 saturated heterocycles. The summed E-state index contributed by atoms with van der Waals surface area (Å²) in [6.45, 7) is -0.375. The first-order chi connectivity index (χ1) is 10.3. The maximum atomic E-state index is 10.6. The monoisotopic (exact) mass is 379 g/mol. The predicted molar refractivity (Wildman–Crippen MR) is 75.2 cm³/mol. The number of aliphatic hydroxyl groups is 2. The summed E-state index contributed by atoms with van der Waals surface area (Å²) < 4.78 is 21.2. The predicted octanol–water partition coefficient (Wildman–Crippen LogP) is -7.81. The molecule has 0 unspecified atom stereocenters. The van der Waals surface area contributed by atoms with E-state index in [-0.39, 0.29) is 78.9 Å². The number of ether oxygens (including phenoxy) is 2. The minimum atomic E-state index is -4.57. The third kappa shape index (κ3) is 11.6. The molecule has 0 aliphatic heterocycles. The zero-order chi connectivity index (χ0) is 16.6. The van der Waals surface area contributed by atoms with E-state index in [1.165, 1.54) is 12.1 Å². The molecular formula is C13H20NNa2O7P. The molecule has 0 aromatic heterocycles. The van der Waals surface area contributed by atoms with Crippen LogP contribution in [0, 0.1) is 0 Å². The number of nitrogens with two attached hydrogens (primary N) is 1. The van der Waals surface area contributed by atoms with Crippen molar-refractivity contribution in [2.45, 2.75) is 11.7 Å². The van der Waals surface area contributed by atoms with Crippen molar-refractivity contribution in [3.8, 4) is 5.75 Å². The van der Waals surface area contributed by atoms with Crippen molar-refractivity contribution < 1.29 is 93.2 Å². The number of hydrogen-bond donors (Lipinski definition) is 3. The third-order valence-corrected chi connectivity index (χ3v) is 3.57. The van der Waals surface area contributed by atoms with Gasteiger partial charge >= 0.3 is 59.1 Å². The molecule has 0 atom stereocenters. The first-order valence-corrected chi connectivity index (χ1v) is 8.32. The minimum Gasteiger partial charge on any atom is -0.810 e. The van der Waals surface area contributed by atoms with E-state index in [0.717, 1.165) is 0 Å². The van der Waals surface area contributed by atoms with Gasteiger partial charge in [-0.25, -0.2) is 0 Å². The summed E-state index contributed by atoms with van der Waals surface area (Å²) in [4.78, 5) is 21.3. The van der Waals surface area contributed by atoms with Crippen LogP contribution in [0.3, 0.4) is 0 Å². The molecule has 0 spiro atoms. The van der Waals surface area contributed by atoms with Gasteiger partial charge in [-0.3, -0.25) is 0 Å². The van der Waals surface area contributed by atoms with Gasteiger partial charge in [-0.15, -0.1) is 0 Å². The maximum absolute atomic E-state index is 10.6. The van der Waals surface area contributed by atoms with Gasteiger partial charge in [0.15, 0.2) is 0 Å². The Hall–Kier alpha value is 1.01. The Morgan fingerprint density at radius 3 is 2.08 bits per heavy atom. The molecule has 0 saturated carbocycles. The first-order valence-electron chi connectivity index (χ1n) is 6.59. The van der Waals surface area contributed by atoms with E-state index in [1.807, 2.05) is 0 Å². The van der Waals surface area contributed by atoms with Crippen LogP contribution >= 0.6 is 7.60 Å². The average Bonchev–Trinajstić information content (AvgIpc) is 2.47. The summed E-state index contributed by atoms with van der Waals surface area (Å²) in [6.07, 6.45) is -0.530. The van der Waals surface area contributed by atoms with Crippen LogP contribution in [0.15, 0.2) is 24.3 Å². The second kappa shape index (κ2) is 13.2. The molecule has 126 valence electrons. The molecule has 1 aromatic rings. The Morgan fingerprint density at radius 1 is 1.08 bits per heavy atom. The van der Waals surface area contributed by atoms with Crippen LogP contribution in [0.2, 0.25) is 0 Å². The zero-order valence-corrected chi connectivity index (χ0v) is 18.9. The maximum Gasteiger partial charge on any atom is 1.00 e. The van der Waals surface area contributed by atoms with Gasteiger partial charge in [-0.05, 0) is 17.7 Å². The van der Waals surface area contributed by atoms with Gasteiger partial charge in [0.2, 0.25) is 0 Å². The van der Waals surface area contributed by atoms with E-state index in [0.29, 0.717) is 11.3 Å². The fourth-order valence-corrected chi connectivity index (χ4v) is 2.21. The summed E-state index contributed by atoms with van der Waals surface area (Å²) in [5.74, 6) is 0.502. The van der Waals surface area contributed by atoms with Gasteiger partial charge in [0.05, 0.1) is 32.0 Å². The number of aliphatic hydroxyl groups excluding tert-OH is 2. The summed E-state index contributed by atoms with van der Waals surface area (Å²) in [5.41, 5.74) is 4.84. The molecule has 4 N–H and O–H groups in total. The second-order valence-corrected chi connectivity index (χ2v) is 6.53. The molecular weight excluding hydrogens is 359 g/mol. The number of hydrogen-bond acceptors (Lipinski definition) is 8. The molecule has 0 bridgehead atoms. The molecule has 1 rings (SSSR count). The van der Waals surface area contributed by atoms with Crippen LogP contribution < -0.4 is 79.4 Å². The molecule has 0 fully saturated rings. The van der Waals surface area contributed by atoms with Crippen LogP contribution in [0.5, 0.6) is 5.75 Å². The largest absolute Gasteiger partial charge is 1.00 e. The summed E-state index contributed by atoms with van der Waals surface area (Å²) in [7, 11) is -4.57. The van der Waals surface area contributed by atoms with Crippen molar-refractivity contribution in [1.82, 2.24) is 0 Å². The standard InChI is InChI=1S/C13H22NO7P.2Na/c14-13(8-15,9-16)10-20-5-6-21-12-3-1-11(2-4-12)7-22(17,18)19;;/h1-4,15-16H,5-10,14H2,(H2,17,18,19);;/q;2*+1/p-2. The van der Waals surface area contributed by atoms with Crippen molar-refractivity contribution in [1.29, 1.82) is 0 Å². The normalized spacial score (nSPS) is 11.4. The molecule has 0 radical (unpaired) electrons.